The molecule has 3 fully saturated rings. The van der Waals surface area contributed by atoms with Crippen molar-refractivity contribution in [3.63, 3.8) is 0 Å². The van der Waals surface area contributed by atoms with E-state index in [-0.39, 0.29) is 24.2 Å². The Morgan fingerprint density at radius 2 is 1.97 bits per heavy atom. The van der Waals surface area contributed by atoms with Gasteiger partial charge in [-0.15, -0.1) is 0 Å². The number of ketones is 1. The summed E-state index contributed by atoms with van der Waals surface area (Å²) in [5.74, 6) is -3.36. The summed E-state index contributed by atoms with van der Waals surface area (Å²) in [6.45, 7) is 5.05. The van der Waals surface area contributed by atoms with Gasteiger partial charge in [0.15, 0.2) is 17.1 Å². The largest absolute Gasteiger partial charge is 0.457 e. The molecule has 4 aliphatic rings. The normalized spacial score (nSPS) is 45.4. The number of alkyl halides is 2. The second-order valence-electron chi connectivity index (χ2n) is 11.1. The van der Waals surface area contributed by atoms with E-state index in [0.717, 1.165) is 17.8 Å². The maximum Gasteiger partial charge on any atom is 0.375 e. The summed E-state index contributed by atoms with van der Waals surface area (Å²) in [5.41, 5.74) is -6.60. The van der Waals surface area contributed by atoms with E-state index in [0.29, 0.717) is 6.42 Å². The first-order chi connectivity index (χ1) is 16.9. The number of thioether (sulfide) groups is 1. The minimum Gasteiger partial charge on any atom is -0.457 e. The third kappa shape index (κ3) is 2.96. The molecule has 0 bridgehead atoms. The molecule has 1 N–H and O–H groups in total. The molecule has 1 aromatic rings. The number of hydrogen-bond acceptors (Lipinski definition) is 7. The van der Waals surface area contributed by atoms with Crippen molar-refractivity contribution in [2.45, 2.75) is 63.6 Å². The summed E-state index contributed by atoms with van der Waals surface area (Å²) >= 11 is 0.912. The molecule has 1 heterocycles. The number of carbonyl (C=O) groups is 3. The molecule has 0 saturated heterocycles. The van der Waals surface area contributed by atoms with Gasteiger partial charge in [-0.2, -0.15) is 0 Å². The zero-order chi connectivity index (χ0) is 26.3. The average Bonchev–Trinajstić information content (AvgIpc) is 3.44. The molecule has 4 aliphatic carbocycles. The van der Waals surface area contributed by atoms with Crippen LogP contribution < -0.4 is 0 Å². The van der Waals surface area contributed by atoms with E-state index < -0.39 is 69.0 Å². The Balaban J connectivity index is 1.64. The first kappa shape index (κ1) is 25.4. The molecule has 1 aromatic heterocycles. The lowest BCUT2D eigenvalue weighted by Gasteiger charge is -2.63. The van der Waals surface area contributed by atoms with Crippen LogP contribution in [0.4, 0.5) is 8.78 Å². The van der Waals surface area contributed by atoms with Gasteiger partial charge in [0.2, 0.25) is 10.9 Å². The van der Waals surface area contributed by atoms with Gasteiger partial charge < -0.3 is 14.3 Å². The van der Waals surface area contributed by atoms with Gasteiger partial charge >= 0.3 is 5.97 Å². The average molecular weight is 521 g/mol. The highest BCUT2D eigenvalue weighted by molar-refractivity contribution is 8.13. The van der Waals surface area contributed by atoms with E-state index in [1.54, 1.807) is 20.1 Å². The summed E-state index contributed by atoms with van der Waals surface area (Å²) < 4.78 is 44.2. The van der Waals surface area contributed by atoms with Crippen molar-refractivity contribution >= 4 is 28.6 Å². The number of furan rings is 1. The molecule has 0 amide bonds. The highest BCUT2D eigenvalue weighted by Crippen LogP contribution is 2.72. The Labute approximate surface area is 212 Å². The lowest BCUT2D eigenvalue weighted by atomic mass is 9.44. The maximum atomic E-state index is 17.4. The SMILES string of the molecule is CSC(=O)[C@@]1(OC(=O)c2ccco2)[C@H](C)C[C@H]2[C@@H]3C[C@H](F)C4=CC(=O)C=C[C@]4(C)[C@@]3(F)[C@@H](O)C[C@@]21C. The standard InChI is InChI=1S/C27H30F2O6S/c1-14-10-16-17-12-19(28)18-11-15(30)7-8-24(18,2)26(17,29)21(31)13-25(16,3)27(14,23(33)36-4)35-22(32)20-6-5-9-34-20/h5-9,11,14,16-17,19,21,31H,10,12-13H2,1-4H3/t14-,16+,17+,19+,21+,24+,25+,26+,27+/m1/s1. The van der Waals surface area contributed by atoms with Gasteiger partial charge in [0, 0.05) is 22.7 Å². The van der Waals surface area contributed by atoms with Crippen molar-refractivity contribution in [1.29, 1.82) is 0 Å². The van der Waals surface area contributed by atoms with Crippen LogP contribution in [-0.2, 0) is 14.3 Å². The Hall–Kier alpha value is -2.26. The zero-order valence-corrected chi connectivity index (χ0v) is 21.4. The maximum absolute atomic E-state index is 17.4. The van der Waals surface area contributed by atoms with E-state index in [9.17, 15) is 19.5 Å². The molecule has 3 saturated carbocycles. The van der Waals surface area contributed by atoms with Crippen LogP contribution in [0.15, 0.2) is 46.6 Å². The fraction of sp³-hybridized carbons (Fsp3) is 0.593. The third-order valence-corrected chi connectivity index (χ3v) is 10.3. The van der Waals surface area contributed by atoms with Crippen molar-refractivity contribution in [3.8, 4) is 0 Å². The number of hydrogen-bond donors (Lipinski definition) is 1. The van der Waals surface area contributed by atoms with Gasteiger partial charge in [0.25, 0.3) is 0 Å². The Morgan fingerprint density at radius 1 is 1.25 bits per heavy atom. The molecule has 0 spiro atoms. The smallest absolute Gasteiger partial charge is 0.375 e. The number of halogens is 2. The second kappa shape index (κ2) is 8.12. The van der Waals surface area contributed by atoms with Crippen LogP contribution in [0, 0.1) is 28.6 Å². The number of esters is 1. The number of aliphatic hydroxyl groups excluding tert-OH is 1. The molecule has 5 rings (SSSR count). The van der Waals surface area contributed by atoms with E-state index >= 15 is 8.78 Å². The monoisotopic (exact) mass is 520 g/mol. The van der Waals surface area contributed by atoms with Gasteiger partial charge in [-0.05, 0) is 68.2 Å². The van der Waals surface area contributed by atoms with E-state index in [2.05, 4.69) is 0 Å². The minimum absolute atomic E-state index is 0.0400. The number of carbonyl (C=O) groups excluding carboxylic acids is 3. The Kier molecular flexibility index (Phi) is 5.73. The van der Waals surface area contributed by atoms with E-state index in [1.165, 1.54) is 37.5 Å². The molecule has 6 nitrogen and oxygen atoms in total. The van der Waals surface area contributed by atoms with Crippen molar-refractivity contribution in [2.24, 2.45) is 28.6 Å². The summed E-state index contributed by atoms with van der Waals surface area (Å²) in [6.07, 6.45) is 3.38. The highest BCUT2D eigenvalue weighted by atomic mass is 32.2. The Bertz CT molecular complexity index is 1180. The predicted molar refractivity (Wildman–Crippen MR) is 129 cm³/mol. The van der Waals surface area contributed by atoms with E-state index in [1.807, 2.05) is 0 Å². The van der Waals surface area contributed by atoms with Crippen LogP contribution in [-0.4, -0.2) is 51.8 Å². The highest BCUT2D eigenvalue weighted by Gasteiger charge is 2.78. The van der Waals surface area contributed by atoms with Crippen LogP contribution in [0.2, 0.25) is 0 Å². The molecule has 9 atom stereocenters. The van der Waals surface area contributed by atoms with Crippen LogP contribution in [0.3, 0.4) is 0 Å². The van der Waals surface area contributed by atoms with Gasteiger partial charge in [-0.25, -0.2) is 13.6 Å². The molecule has 0 aliphatic heterocycles. The lowest BCUT2D eigenvalue weighted by molar-refractivity contribution is -0.221. The van der Waals surface area contributed by atoms with Gasteiger partial charge in [0.05, 0.1) is 12.4 Å². The van der Waals surface area contributed by atoms with Crippen LogP contribution >= 0.6 is 11.8 Å². The molecule has 0 unspecified atom stereocenters. The van der Waals surface area contributed by atoms with Crippen molar-refractivity contribution in [1.82, 2.24) is 0 Å². The molecular formula is C27H30F2O6S. The molecular weight excluding hydrogens is 490 g/mol. The summed E-state index contributed by atoms with van der Waals surface area (Å²) in [7, 11) is 0. The van der Waals surface area contributed by atoms with Gasteiger partial charge in [-0.1, -0.05) is 31.7 Å². The van der Waals surface area contributed by atoms with E-state index in [4.69, 9.17) is 9.15 Å². The third-order valence-electron chi connectivity index (χ3n) is 9.63. The molecule has 0 radical (unpaired) electrons. The van der Waals surface area contributed by atoms with Crippen LogP contribution in [0.1, 0.15) is 50.6 Å². The topological polar surface area (TPSA) is 93.8 Å². The lowest BCUT2D eigenvalue weighted by Crippen LogP contribution is -2.70. The molecule has 9 heteroatoms. The summed E-state index contributed by atoms with van der Waals surface area (Å²) in [6, 6.07) is 2.96. The zero-order valence-electron chi connectivity index (χ0n) is 20.6. The second-order valence-corrected chi connectivity index (χ2v) is 11.9. The van der Waals surface area contributed by atoms with Crippen molar-refractivity contribution < 1.29 is 37.4 Å². The van der Waals surface area contributed by atoms with Crippen molar-refractivity contribution in [2.75, 3.05) is 6.26 Å². The van der Waals surface area contributed by atoms with Gasteiger partial charge in [0.1, 0.15) is 6.17 Å². The number of ether oxygens (including phenoxy) is 1. The minimum atomic E-state index is -2.27. The molecule has 194 valence electrons. The van der Waals surface area contributed by atoms with Crippen LogP contribution in [0.5, 0.6) is 0 Å². The first-order valence-corrected chi connectivity index (χ1v) is 13.4. The summed E-state index contributed by atoms with van der Waals surface area (Å²) in [5, 5.41) is 11.1. The molecule has 0 aromatic carbocycles. The number of allylic oxidation sites excluding steroid dienone is 4. The fourth-order valence-corrected chi connectivity index (χ4v) is 8.74. The fourth-order valence-electron chi connectivity index (χ4n) is 7.96. The molecule has 36 heavy (non-hydrogen) atoms. The number of aliphatic hydroxyl groups is 1. The van der Waals surface area contributed by atoms with Crippen LogP contribution in [0.25, 0.3) is 0 Å². The number of fused-ring (bicyclic) bond motifs is 5. The first-order valence-electron chi connectivity index (χ1n) is 12.2. The quantitative estimate of drug-likeness (QED) is 0.581. The van der Waals surface area contributed by atoms with Crippen molar-refractivity contribution in [3.05, 3.63) is 48.0 Å². The Morgan fingerprint density at radius 3 is 2.61 bits per heavy atom. The van der Waals surface area contributed by atoms with Gasteiger partial charge in [-0.3, -0.25) is 9.59 Å². The summed E-state index contributed by atoms with van der Waals surface area (Å²) in [4.78, 5) is 38.7. The number of rotatable bonds is 3. The predicted octanol–water partition coefficient (Wildman–Crippen LogP) is 4.63.